The van der Waals surface area contributed by atoms with Crippen LogP contribution in [-0.2, 0) is 27.2 Å². The van der Waals surface area contributed by atoms with E-state index in [0.717, 1.165) is 58.0 Å². The Morgan fingerprint density at radius 3 is 2.74 bits per heavy atom. The molecule has 2 atom stereocenters. The number of nitrogens with one attached hydrogen (secondary N) is 2. The zero-order valence-electron chi connectivity index (χ0n) is 20.5. The van der Waals surface area contributed by atoms with Gasteiger partial charge in [0.2, 0.25) is 11.8 Å². The van der Waals surface area contributed by atoms with Crippen LogP contribution in [0.1, 0.15) is 62.5 Å². The Balaban J connectivity index is 1.22. The zero-order chi connectivity index (χ0) is 24.6. The molecule has 188 valence electrons. The van der Waals surface area contributed by atoms with Crippen molar-refractivity contribution in [1.82, 2.24) is 15.5 Å². The van der Waals surface area contributed by atoms with Crippen LogP contribution in [0.4, 0.5) is 0 Å². The van der Waals surface area contributed by atoms with Gasteiger partial charge in [0, 0.05) is 19.5 Å². The van der Waals surface area contributed by atoms with Crippen molar-refractivity contribution in [3.05, 3.63) is 29.3 Å². The summed E-state index contributed by atoms with van der Waals surface area (Å²) in [6.07, 6.45) is 13.9. The lowest BCUT2D eigenvalue weighted by molar-refractivity contribution is -0.136. The summed E-state index contributed by atoms with van der Waals surface area (Å²) in [6.45, 7) is 3.16. The molecule has 4 rings (SSSR count). The average molecular weight is 480 g/mol. The summed E-state index contributed by atoms with van der Waals surface area (Å²) in [5.74, 6) is 2.78. The molecular formula is C28H37N3O4. The number of nitrogens with zero attached hydrogens (tertiary/aromatic N) is 1. The molecule has 0 spiro atoms. The van der Waals surface area contributed by atoms with Crippen LogP contribution in [0.3, 0.4) is 0 Å². The number of ether oxygens (including phenoxy) is 1. The molecule has 2 N–H and O–H groups in total. The monoisotopic (exact) mass is 479 g/mol. The van der Waals surface area contributed by atoms with E-state index in [1.165, 1.54) is 11.1 Å². The van der Waals surface area contributed by atoms with Crippen molar-refractivity contribution in [3.8, 4) is 18.1 Å². The Morgan fingerprint density at radius 1 is 1.14 bits per heavy atom. The molecule has 1 aromatic carbocycles. The van der Waals surface area contributed by atoms with Crippen molar-refractivity contribution < 1.29 is 19.1 Å². The fourth-order valence-corrected chi connectivity index (χ4v) is 5.47. The van der Waals surface area contributed by atoms with Crippen LogP contribution in [0.2, 0.25) is 0 Å². The largest absolute Gasteiger partial charge is 0.426 e. The summed E-state index contributed by atoms with van der Waals surface area (Å²) in [7, 11) is 0. The van der Waals surface area contributed by atoms with Gasteiger partial charge in [-0.15, -0.1) is 6.42 Å². The highest BCUT2D eigenvalue weighted by molar-refractivity contribution is 5.83. The number of likely N-dealkylation sites (tertiary alicyclic amines) is 1. The molecule has 2 amide bonds. The number of rotatable bonds is 8. The molecule has 7 heteroatoms. The van der Waals surface area contributed by atoms with E-state index in [1.54, 1.807) is 0 Å². The molecule has 3 aliphatic rings. The number of aryl methyl sites for hydroxylation is 2. The first-order valence-electron chi connectivity index (χ1n) is 13.1. The van der Waals surface area contributed by atoms with Gasteiger partial charge in [-0.05, 0) is 93.6 Å². The van der Waals surface area contributed by atoms with Crippen LogP contribution in [-0.4, -0.2) is 54.9 Å². The first kappa shape index (κ1) is 25.2. The van der Waals surface area contributed by atoms with Gasteiger partial charge in [0.05, 0.1) is 12.3 Å². The van der Waals surface area contributed by atoms with Crippen LogP contribution < -0.4 is 15.4 Å². The third kappa shape index (κ3) is 7.08. The van der Waals surface area contributed by atoms with Gasteiger partial charge in [0.25, 0.3) is 0 Å². The van der Waals surface area contributed by atoms with Crippen LogP contribution in [0.5, 0.6) is 5.75 Å². The molecule has 1 aromatic rings. The Hall–Kier alpha value is -2.85. The molecule has 2 fully saturated rings. The first-order valence-corrected chi connectivity index (χ1v) is 13.1. The third-order valence-electron chi connectivity index (χ3n) is 7.56. The number of terminal acetylenes is 1. The summed E-state index contributed by atoms with van der Waals surface area (Å²) < 4.78 is 5.48. The smallest absolute Gasteiger partial charge is 0.314 e. The van der Waals surface area contributed by atoms with E-state index < -0.39 is 12.0 Å². The van der Waals surface area contributed by atoms with Crippen molar-refractivity contribution in [1.29, 1.82) is 0 Å². The Morgan fingerprint density at radius 2 is 1.94 bits per heavy atom. The third-order valence-corrected chi connectivity index (χ3v) is 7.56. The predicted molar refractivity (Wildman–Crippen MR) is 134 cm³/mol. The van der Waals surface area contributed by atoms with Crippen LogP contribution >= 0.6 is 0 Å². The van der Waals surface area contributed by atoms with Crippen molar-refractivity contribution in [2.24, 2.45) is 11.8 Å². The van der Waals surface area contributed by atoms with Crippen LogP contribution in [0, 0.1) is 24.2 Å². The lowest BCUT2D eigenvalue weighted by Crippen LogP contribution is -2.48. The number of carbonyl (C=O) groups excluding carboxylic acids is 3. The van der Waals surface area contributed by atoms with Crippen LogP contribution in [0.15, 0.2) is 18.2 Å². The summed E-state index contributed by atoms with van der Waals surface area (Å²) in [5.41, 5.74) is 2.54. The molecule has 0 bridgehead atoms. The Kier molecular flexibility index (Phi) is 8.81. The molecule has 0 saturated carbocycles. The Bertz CT molecular complexity index is 963. The predicted octanol–water partition coefficient (Wildman–Crippen LogP) is 2.61. The van der Waals surface area contributed by atoms with E-state index in [-0.39, 0.29) is 24.2 Å². The highest BCUT2D eigenvalue weighted by Crippen LogP contribution is 2.26. The number of hydrogen-bond acceptors (Lipinski definition) is 5. The van der Waals surface area contributed by atoms with Crippen molar-refractivity contribution in [2.75, 3.05) is 26.2 Å². The van der Waals surface area contributed by atoms with E-state index in [4.69, 9.17) is 11.2 Å². The summed E-state index contributed by atoms with van der Waals surface area (Å²) in [6, 6.07) is 5.00. The second kappa shape index (κ2) is 12.2. The summed E-state index contributed by atoms with van der Waals surface area (Å²) in [5, 5.41) is 6.17. The SMILES string of the molecule is C#C[C@H](CC(=O)Oc1ccc2c(c1)CCC2)NC(=O)[C@@H]1CCCN(C(=O)CCC2CCNCC2)C1. The number of hydrogen-bond donors (Lipinski definition) is 2. The number of carbonyl (C=O) groups is 3. The minimum absolute atomic E-state index is 0.0923. The van der Waals surface area contributed by atoms with Gasteiger partial charge in [-0.2, -0.15) is 0 Å². The normalized spacial score (nSPS) is 21.0. The van der Waals surface area contributed by atoms with E-state index in [0.29, 0.717) is 37.6 Å². The quantitative estimate of drug-likeness (QED) is 0.340. The lowest BCUT2D eigenvalue weighted by Gasteiger charge is -2.33. The van der Waals surface area contributed by atoms with Gasteiger partial charge in [-0.3, -0.25) is 14.4 Å². The van der Waals surface area contributed by atoms with E-state index in [9.17, 15) is 14.4 Å². The van der Waals surface area contributed by atoms with E-state index in [2.05, 4.69) is 16.6 Å². The molecule has 7 nitrogen and oxygen atoms in total. The minimum atomic E-state index is -0.740. The molecule has 0 radical (unpaired) electrons. The molecule has 2 heterocycles. The number of amides is 2. The maximum Gasteiger partial charge on any atom is 0.314 e. The second-order valence-corrected chi connectivity index (χ2v) is 10.1. The molecule has 35 heavy (non-hydrogen) atoms. The molecule has 1 aliphatic carbocycles. The summed E-state index contributed by atoms with van der Waals surface area (Å²) in [4.78, 5) is 39.9. The first-order chi connectivity index (χ1) is 17.0. The standard InChI is InChI=1S/C28H37N3O4/c1-2-24(18-27(33)35-25-10-9-21-5-3-6-22(21)17-25)30-28(34)23-7-4-16-31(19-23)26(32)11-8-20-12-14-29-15-13-20/h1,9-10,17,20,23-24,29H,3-8,11-16,18-19H2,(H,30,34)/t23-,24-/m1/s1. The molecule has 0 unspecified atom stereocenters. The number of piperidine rings is 2. The fourth-order valence-electron chi connectivity index (χ4n) is 5.47. The number of fused-ring (bicyclic) bond motifs is 1. The maximum atomic E-state index is 12.9. The van der Waals surface area contributed by atoms with Gasteiger partial charge in [-0.25, -0.2) is 0 Å². The molecule has 2 saturated heterocycles. The number of benzene rings is 1. The molecule has 0 aromatic heterocycles. The van der Waals surface area contributed by atoms with Gasteiger partial charge in [-0.1, -0.05) is 12.0 Å². The minimum Gasteiger partial charge on any atom is -0.426 e. The highest BCUT2D eigenvalue weighted by Gasteiger charge is 2.30. The molecule has 2 aliphatic heterocycles. The maximum absolute atomic E-state index is 12.9. The van der Waals surface area contributed by atoms with Crippen molar-refractivity contribution >= 4 is 17.8 Å². The van der Waals surface area contributed by atoms with Gasteiger partial charge in [0.1, 0.15) is 11.8 Å². The van der Waals surface area contributed by atoms with E-state index >= 15 is 0 Å². The summed E-state index contributed by atoms with van der Waals surface area (Å²) >= 11 is 0. The molecular weight excluding hydrogens is 442 g/mol. The Labute approximate surface area is 208 Å². The van der Waals surface area contributed by atoms with Gasteiger partial charge < -0.3 is 20.3 Å². The van der Waals surface area contributed by atoms with Gasteiger partial charge >= 0.3 is 5.97 Å². The number of esters is 1. The lowest BCUT2D eigenvalue weighted by atomic mass is 9.92. The van der Waals surface area contributed by atoms with Crippen LogP contribution in [0.25, 0.3) is 0 Å². The van der Waals surface area contributed by atoms with Gasteiger partial charge in [0.15, 0.2) is 0 Å². The fraction of sp³-hybridized carbons (Fsp3) is 0.607. The van der Waals surface area contributed by atoms with Crippen molar-refractivity contribution in [3.63, 3.8) is 0 Å². The van der Waals surface area contributed by atoms with Crippen molar-refractivity contribution in [2.45, 2.75) is 70.3 Å². The van der Waals surface area contributed by atoms with E-state index in [1.807, 2.05) is 23.1 Å². The highest BCUT2D eigenvalue weighted by atomic mass is 16.5. The topological polar surface area (TPSA) is 87.7 Å². The zero-order valence-corrected chi connectivity index (χ0v) is 20.5. The average Bonchev–Trinajstić information content (AvgIpc) is 3.35. The second-order valence-electron chi connectivity index (χ2n) is 10.1.